The van der Waals surface area contributed by atoms with Gasteiger partial charge in [0.2, 0.25) is 0 Å². The van der Waals surface area contributed by atoms with E-state index < -0.39 is 0 Å². The smallest absolute Gasteiger partial charge is 0.344 e. The normalized spacial score (nSPS) is 11.3. The molecule has 0 amide bonds. The van der Waals surface area contributed by atoms with Crippen molar-refractivity contribution < 1.29 is 5.11 Å². The Morgan fingerprint density at radius 3 is 2.71 bits per heavy atom. The second-order valence-electron chi connectivity index (χ2n) is 4.26. The number of aliphatic hydroxyl groups excluding tert-OH is 1. The van der Waals surface area contributed by atoms with Gasteiger partial charge in [-0.15, -0.1) is 5.10 Å². The van der Waals surface area contributed by atoms with Crippen molar-refractivity contribution >= 4 is 11.8 Å². The van der Waals surface area contributed by atoms with Gasteiger partial charge in [0, 0.05) is 18.4 Å². The summed E-state index contributed by atoms with van der Waals surface area (Å²) in [5.41, 5.74) is -0.136. The first-order chi connectivity index (χ1) is 8.16. The molecule has 0 spiro atoms. The van der Waals surface area contributed by atoms with Gasteiger partial charge in [-0.05, 0) is 26.7 Å². The molecule has 0 unspecified atom stereocenters. The maximum absolute atomic E-state index is 11.5. The standard InChI is InChI=1S/C11H21N3O2S/c1-9(2)14-10(16)12-13-11(14)17-8-6-4-3-5-7-15/h9,15H,3-8H2,1-2H3,(H,12,16). The van der Waals surface area contributed by atoms with Crippen LogP contribution < -0.4 is 5.69 Å². The highest BCUT2D eigenvalue weighted by Gasteiger charge is 2.10. The van der Waals surface area contributed by atoms with Gasteiger partial charge in [0.1, 0.15) is 0 Å². The zero-order valence-corrected chi connectivity index (χ0v) is 11.3. The Morgan fingerprint density at radius 1 is 1.35 bits per heavy atom. The summed E-state index contributed by atoms with van der Waals surface area (Å²) in [6, 6.07) is 0.137. The molecule has 17 heavy (non-hydrogen) atoms. The minimum atomic E-state index is -0.136. The molecular formula is C11H21N3O2S. The first-order valence-corrected chi connectivity index (χ1v) is 7.06. The SMILES string of the molecule is CC(C)n1c(SCCCCCCO)n[nH]c1=O. The third-order valence-electron chi connectivity index (χ3n) is 2.47. The summed E-state index contributed by atoms with van der Waals surface area (Å²) in [6.07, 6.45) is 4.14. The van der Waals surface area contributed by atoms with Crippen LogP contribution >= 0.6 is 11.8 Å². The number of aliphatic hydroxyl groups is 1. The van der Waals surface area contributed by atoms with Crippen LogP contribution in [-0.4, -0.2) is 32.2 Å². The predicted octanol–water partition coefficient (Wildman–Crippen LogP) is 1.80. The maximum atomic E-state index is 11.5. The molecule has 0 aromatic carbocycles. The Balaban J connectivity index is 2.34. The molecular weight excluding hydrogens is 238 g/mol. The fraction of sp³-hybridized carbons (Fsp3) is 0.818. The topological polar surface area (TPSA) is 70.9 Å². The number of nitrogens with zero attached hydrogens (tertiary/aromatic N) is 2. The van der Waals surface area contributed by atoms with Crippen molar-refractivity contribution in [3.05, 3.63) is 10.5 Å². The van der Waals surface area contributed by atoms with Crippen LogP contribution in [0.25, 0.3) is 0 Å². The maximum Gasteiger partial charge on any atom is 0.344 e. The molecule has 98 valence electrons. The summed E-state index contributed by atoms with van der Waals surface area (Å²) in [5.74, 6) is 0.961. The average molecular weight is 259 g/mol. The van der Waals surface area contributed by atoms with E-state index in [9.17, 15) is 4.79 Å². The van der Waals surface area contributed by atoms with Crippen molar-refractivity contribution in [3.63, 3.8) is 0 Å². The van der Waals surface area contributed by atoms with E-state index in [1.807, 2.05) is 13.8 Å². The van der Waals surface area contributed by atoms with Crippen LogP contribution in [0.2, 0.25) is 0 Å². The van der Waals surface area contributed by atoms with Gasteiger partial charge in [0.15, 0.2) is 5.16 Å². The Hall–Kier alpha value is -0.750. The van der Waals surface area contributed by atoms with Gasteiger partial charge in [-0.2, -0.15) is 0 Å². The second kappa shape index (κ2) is 7.55. The lowest BCUT2D eigenvalue weighted by Crippen LogP contribution is -2.19. The number of rotatable bonds is 8. The monoisotopic (exact) mass is 259 g/mol. The predicted molar refractivity (Wildman–Crippen MR) is 69.5 cm³/mol. The first kappa shape index (κ1) is 14.3. The van der Waals surface area contributed by atoms with E-state index in [0.29, 0.717) is 0 Å². The Morgan fingerprint density at radius 2 is 2.06 bits per heavy atom. The van der Waals surface area contributed by atoms with E-state index in [0.717, 1.165) is 36.6 Å². The molecule has 2 N–H and O–H groups in total. The lowest BCUT2D eigenvalue weighted by atomic mass is 10.2. The molecule has 1 heterocycles. The summed E-state index contributed by atoms with van der Waals surface area (Å²) in [5, 5.41) is 15.9. The minimum Gasteiger partial charge on any atom is -0.396 e. The van der Waals surface area contributed by atoms with Gasteiger partial charge >= 0.3 is 5.69 Å². The van der Waals surface area contributed by atoms with Crippen LogP contribution in [0, 0.1) is 0 Å². The van der Waals surface area contributed by atoms with Gasteiger partial charge in [-0.25, -0.2) is 9.89 Å². The fourth-order valence-electron chi connectivity index (χ4n) is 1.58. The van der Waals surface area contributed by atoms with E-state index in [1.165, 1.54) is 0 Å². The van der Waals surface area contributed by atoms with Crippen LogP contribution in [0.3, 0.4) is 0 Å². The molecule has 6 heteroatoms. The van der Waals surface area contributed by atoms with E-state index in [2.05, 4.69) is 10.2 Å². The van der Waals surface area contributed by atoms with Gasteiger partial charge in [-0.3, -0.25) is 4.57 Å². The van der Waals surface area contributed by atoms with Crippen molar-refractivity contribution in [1.82, 2.24) is 14.8 Å². The molecule has 5 nitrogen and oxygen atoms in total. The fourth-order valence-corrected chi connectivity index (χ4v) is 2.65. The highest BCUT2D eigenvalue weighted by molar-refractivity contribution is 7.99. The molecule has 0 atom stereocenters. The second-order valence-corrected chi connectivity index (χ2v) is 5.32. The molecule has 0 bridgehead atoms. The van der Waals surface area contributed by atoms with Crippen LogP contribution in [-0.2, 0) is 0 Å². The minimum absolute atomic E-state index is 0.136. The Bertz CT molecular complexity index is 373. The van der Waals surface area contributed by atoms with Crippen LogP contribution in [0.15, 0.2) is 9.95 Å². The Labute approximate surface area is 106 Å². The molecule has 0 fully saturated rings. The lowest BCUT2D eigenvalue weighted by molar-refractivity contribution is 0.283. The molecule has 1 aromatic heterocycles. The molecule has 0 radical (unpaired) electrons. The number of aromatic amines is 1. The largest absolute Gasteiger partial charge is 0.396 e. The average Bonchev–Trinajstić information content (AvgIpc) is 2.65. The molecule has 0 saturated heterocycles. The molecule has 1 rings (SSSR count). The molecule has 0 saturated carbocycles. The zero-order chi connectivity index (χ0) is 12.7. The highest BCUT2D eigenvalue weighted by Crippen LogP contribution is 2.18. The van der Waals surface area contributed by atoms with Gasteiger partial charge in [-0.1, -0.05) is 24.6 Å². The summed E-state index contributed by atoms with van der Waals surface area (Å²) >= 11 is 1.61. The van der Waals surface area contributed by atoms with Crippen molar-refractivity contribution in [3.8, 4) is 0 Å². The first-order valence-electron chi connectivity index (χ1n) is 6.07. The Kier molecular flexibility index (Phi) is 6.36. The van der Waals surface area contributed by atoms with E-state index in [4.69, 9.17) is 5.11 Å². The third kappa shape index (κ3) is 4.55. The number of nitrogens with one attached hydrogen (secondary N) is 1. The van der Waals surface area contributed by atoms with Crippen LogP contribution in [0.5, 0.6) is 0 Å². The quantitative estimate of drug-likeness (QED) is 0.551. The van der Waals surface area contributed by atoms with Gasteiger partial charge in [0.25, 0.3) is 0 Å². The zero-order valence-electron chi connectivity index (χ0n) is 10.5. The molecule has 0 aliphatic carbocycles. The van der Waals surface area contributed by atoms with Crippen LogP contribution in [0.4, 0.5) is 0 Å². The van der Waals surface area contributed by atoms with Crippen molar-refractivity contribution in [2.75, 3.05) is 12.4 Å². The van der Waals surface area contributed by atoms with E-state index in [-0.39, 0.29) is 18.3 Å². The number of hydrogen-bond acceptors (Lipinski definition) is 4. The summed E-state index contributed by atoms with van der Waals surface area (Å²) in [6.45, 7) is 4.23. The number of thioether (sulfide) groups is 1. The third-order valence-corrected chi connectivity index (χ3v) is 3.51. The molecule has 0 aliphatic rings. The van der Waals surface area contributed by atoms with Gasteiger partial charge < -0.3 is 5.11 Å². The summed E-state index contributed by atoms with van der Waals surface area (Å²) < 4.78 is 1.68. The van der Waals surface area contributed by atoms with Crippen molar-refractivity contribution in [2.24, 2.45) is 0 Å². The molecule has 0 aliphatic heterocycles. The number of aromatic nitrogens is 3. The number of H-pyrrole nitrogens is 1. The van der Waals surface area contributed by atoms with Gasteiger partial charge in [0.05, 0.1) is 0 Å². The van der Waals surface area contributed by atoms with E-state index in [1.54, 1.807) is 16.3 Å². The van der Waals surface area contributed by atoms with Crippen molar-refractivity contribution in [2.45, 2.75) is 50.7 Å². The van der Waals surface area contributed by atoms with Crippen molar-refractivity contribution in [1.29, 1.82) is 0 Å². The number of unbranched alkanes of at least 4 members (excludes halogenated alkanes) is 3. The van der Waals surface area contributed by atoms with Crippen LogP contribution in [0.1, 0.15) is 45.6 Å². The summed E-state index contributed by atoms with van der Waals surface area (Å²) in [4.78, 5) is 11.5. The number of hydrogen-bond donors (Lipinski definition) is 2. The van der Waals surface area contributed by atoms with E-state index >= 15 is 0 Å². The summed E-state index contributed by atoms with van der Waals surface area (Å²) in [7, 11) is 0. The molecule has 1 aromatic rings. The lowest BCUT2D eigenvalue weighted by Gasteiger charge is -2.08. The highest BCUT2D eigenvalue weighted by atomic mass is 32.2.